The third kappa shape index (κ3) is 3.87. The first-order valence-electron chi connectivity index (χ1n) is 12.2. The number of nitrogens with one attached hydrogen (secondary N) is 1. The number of benzene rings is 4. The van der Waals surface area contributed by atoms with Crippen LogP contribution in [-0.2, 0) is 0 Å². The Morgan fingerprint density at radius 1 is 1.08 bits per heavy atom. The minimum atomic E-state index is -1.04. The number of nitrogens with two attached hydrogens (primary N) is 1. The van der Waals surface area contributed by atoms with Crippen LogP contribution in [0.4, 0.5) is 4.39 Å². The van der Waals surface area contributed by atoms with Crippen molar-refractivity contribution in [2.45, 2.75) is 13.0 Å². The van der Waals surface area contributed by atoms with Gasteiger partial charge in [-0.2, -0.15) is 0 Å². The van der Waals surface area contributed by atoms with Gasteiger partial charge in [-0.1, -0.05) is 30.3 Å². The Hall–Kier alpha value is -4.86. The first-order valence-corrected chi connectivity index (χ1v) is 12.2. The van der Waals surface area contributed by atoms with E-state index in [0.717, 1.165) is 27.5 Å². The summed E-state index contributed by atoms with van der Waals surface area (Å²) in [5, 5.41) is 21.2. The summed E-state index contributed by atoms with van der Waals surface area (Å²) in [7, 11) is 0. The molecular weight excluding hydrogens is 499 g/mol. The van der Waals surface area contributed by atoms with Crippen molar-refractivity contribution in [3.63, 3.8) is 0 Å². The quantitative estimate of drug-likeness (QED) is 0.268. The van der Waals surface area contributed by atoms with Gasteiger partial charge in [-0.15, -0.1) is 0 Å². The second-order valence-electron chi connectivity index (χ2n) is 9.43. The van der Waals surface area contributed by atoms with E-state index in [1.807, 2.05) is 31.2 Å². The number of rotatable bonds is 5. The summed E-state index contributed by atoms with van der Waals surface area (Å²) in [6.07, 6.45) is 0.386. The zero-order chi connectivity index (χ0) is 27.4. The second-order valence-corrected chi connectivity index (χ2v) is 9.43. The highest BCUT2D eigenvalue weighted by Crippen LogP contribution is 2.39. The van der Waals surface area contributed by atoms with Crippen LogP contribution in [0.15, 0.2) is 77.9 Å². The fourth-order valence-corrected chi connectivity index (χ4v) is 5.21. The molecule has 0 saturated heterocycles. The van der Waals surface area contributed by atoms with Crippen LogP contribution >= 0.6 is 0 Å². The number of nitrogens with zero attached hydrogens (tertiary/aromatic N) is 2. The highest BCUT2D eigenvalue weighted by atomic mass is 19.1. The fraction of sp³-hybridized carbons (Fsp3) is 0.100. The zero-order valence-electron chi connectivity index (χ0n) is 20.8. The van der Waals surface area contributed by atoms with Gasteiger partial charge in [-0.05, 0) is 65.6 Å². The van der Waals surface area contributed by atoms with Crippen LogP contribution < -0.4 is 11.3 Å². The van der Waals surface area contributed by atoms with E-state index in [1.54, 1.807) is 24.3 Å². The Morgan fingerprint density at radius 2 is 1.90 bits per heavy atom. The minimum absolute atomic E-state index is 0.174. The molecule has 1 unspecified atom stereocenters. The molecule has 0 fully saturated rings. The molecule has 8 nitrogen and oxygen atoms in total. The Labute approximate surface area is 220 Å². The average molecular weight is 523 g/mol. The lowest BCUT2D eigenvalue weighted by Gasteiger charge is -2.15. The smallest absolute Gasteiger partial charge is 0.265 e. The van der Waals surface area contributed by atoms with Gasteiger partial charge in [-0.3, -0.25) is 14.2 Å². The molecule has 0 aliphatic rings. The van der Waals surface area contributed by atoms with Gasteiger partial charge < -0.3 is 20.9 Å². The number of hydrogen-bond donors (Lipinski definition) is 4. The maximum absolute atomic E-state index is 13.9. The largest absolute Gasteiger partial charge is 0.393 e. The Bertz CT molecular complexity index is 2010. The predicted octanol–water partition coefficient (Wildman–Crippen LogP) is 4.26. The van der Waals surface area contributed by atoms with Crippen LogP contribution in [0.3, 0.4) is 0 Å². The number of carbonyl (C=O) groups excluding carboxylic acids is 1. The topological polar surface area (TPSA) is 134 Å². The number of aromatic amines is 1. The van der Waals surface area contributed by atoms with Crippen molar-refractivity contribution in [1.82, 2.24) is 14.5 Å². The Morgan fingerprint density at radius 3 is 2.67 bits per heavy atom. The third-order valence-corrected chi connectivity index (χ3v) is 7.18. The maximum atomic E-state index is 13.9. The minimum Gasteiger partial charge on any atom is -0.393 e. The van der Waals surface area contributed by atoms with Crippen LogP contribution in [-0.4, -0.2) is 37.3 Å². The normalized spacial score (nSPS) is 12.4. The molecule has 0 radical (unpaired) electrons. The van der Waals surface area contributed by atoms with E-state index in [1.165, 1.54) is 29.1 Å². The summed E-state index contributed by atoms with van der Waals surface area (Å²) >= 11 is 0. The summed E-state index contributed by atoms with van der Waals surface area (Å²) in [6, 6.07) is 18.2. The van der Waals surface area contributed by atoms with E-state index in [4.69, 9.17) is 5.73 Å². The lowest BCUT2D eigenvalue weighted by molar-refractivity contribution is 0.0957. The summed E-state index contributed by atoms with van der Waals surface area (Å²) in [4.78, 5) is 33.2. The van der Waals surface area contributed by atoms with Crippen molar-refractivity contribution >= 4 is 38.6 Å². The van der Waals surface area contributed by atoms with E-state index in [-0.39, 0.29) is 5.39 Å². The van der Waals surface area contributed by atoms with Gasteiger partial charge in [0.2, 0.25) is 0 Å². The van der Waals surface area contributed by atoms with Crippen molar-refractivity contribution in [3.05, 3.63) is 106 Å². The van der Waals surface area contributed by atoms with Crippen LogP contribution in [0.2, 0.25) is 0 Å². The molecule has 2 aromatic heterocycles. The van der Waals surface area contributed by atoms with Gasteiger partial charge in [0.15, 0.2) is 0 Å². The molecule has 1 amide bonds. The van der Waals surface area contributed by atoms with Crippen LogP contribution in [0.5, 0.6) is 0 Å². The summed E-state index contributed by atoms with van der Waals surface area (Å²) in [5.41, 5.74) is 10.7. The molecule has 194 valence electrons. The molecule has 4 aromatic carbocycles. The number of aromatic nitrogens is 3. The first kappa shape index (κ1) is 24.5. The van der Waals surface area contributed by atoms with Crippen molar-refractivity contribution < 1.29 is 19.4 Å². The van der Waals surface area contributed by atoms with Crippen molar-refractivity contribution in [3.8, 4) is 16.8 Å². The number of amides is 1. The number of primary amides is 1. The number of carbonyl (C=O) groups is 1. The molecule has 6 aromatic rings. The molecule has 0 saturated carbocycles. The molecule has 0 bridgehead atoms. The predicted molar refractivity (Wildman–Crippen MR) is 147 cm³/mol. The average Bonchev–Trinajstić information content (AvgIpc) is 3.32. The van der Waals surface area contributed by atoms with Crippen LogP contribution in [0.1, 0.15) is 27.6 Å². The van der Waals surface area contributed by atoms with Gasteiger partial charge in [-0.25, -0.2) is 9.37 Å². The van der Waals surface area contributed by atoms with E-state index < -0.39 is 30.0 Å². The lowest BCUT2D eigenvalue weighted by atomic mass is 9.93. The standard InChI is InChI=1S/C30H23FN4O4/c1-15-18(3-2-4-25(15)35-14-33-23-10-6-17(31)12-22(23)30(35)39)19-8-9-21(29(32)38)28-27(19)20-7-5-16(26(37)13-36)11-24(20)34-28/h2-12,14,26,34,36-37H,13H2,1H3,(H2,32,38). The second kappa shape index (κ2) is 9.16. The van der Waals surface area contributed by atoms with Crippen molar-refractivity contribution in [2.24, 2.45) is 5.73 Å². The summed E-state index contributed by atoms with van der Waals surface area (Å²) in [5.74, 6) is -1.12. The molecular formula is C30H23FN4O4. The van der Waals surface area contributed by atoms with Crippen molar-refractivity contribution in [1.29, 1.82) is 0 Å². The van der Waals surface area contributed by atoms with E-state index in [9.17, 15) is 24.2 Å². The van der Waals surface area contributed by atoms with Crippen LogP contribution in [0.25, 0.3) is 49.5 Å². The SMILES string of the molecule is Cc1c(-c2ccc(C(N)=O)c3[nH]c4cc(C(O)CO)ccc4c23)cccc1-n1cnc2ccc(F)cc2c1=O. The monoisotopic (exact) mass is 522 g/mol. The van der Waals surface area contributed by atoms with Gasteiger partial charge >= 0.3 is 0 Å². The van der Waals surface area contributed by atoms with Gasteiger partial charge in [0, 0.05) is 16.3 Å². The number of aliphatic hydroxyl groups is 2. The molecule has 2 heterocycles. The molecule has 0 spiro atoms. The van der Waals surface area contributed by atoms with Gasteiger partial charge in [0.25, 0.3) is 11.5 Å². The highest BCUT2D eigenvalue weighted by molar-refractivity contribution is 6.20. The van der Waals surface area contributed by atoms with Gasteiger partial charge in [0.1, 0.15) is 18.2 Å². The van der Waals surface area contributed by atoms with Crippen LogP contribution in [0, 0.1) is 12.7 Å². The van der Waals surface area contributed by atoms with Crippen molar-refractivity contribution in [2.75, 3.05) is 6.61 Å². The molecule has 1 atom stereocenters. The molecule has 0 aliphatic carbocycles. The van der Waals surface area contributed by atoms with Gasteiger partial charge in [0.05, 0.1) is 34.3 Å². The number of halogens is 1. The van der Waals surface area contributed by atoms with E-state index >= 15 is 0 Å². The van der Waals surface area contributed by atoms with E-state index in [0.29, 0.717) is 33.4 Å². The Balaban J connectivity index is 1.62. The summed E-state index contributed by atoms with van der Waals surface area (Å²) < 4.78 is 15.3. The number of fused-ring (bicyclic) bond motifs is 4. The zero-order valence-corrected chi connectivity index (χ0v) is 20.8. The lowest BCUT2D eigenvalue weighted by Crippen LogP contribution is -2.20. The highest BCUT2D eigenvalue weighted by Gasteiger charge is 2.20. The maximum Gasteiger partial charge on any atom is 0.265 e. The number of hydrogen-bond acceptors (Lipinski definition) is 5. The molecule has 6 rings (SSSR count). The van der Waals surface area contributed by atoms with E-state index in [2.05, 4.69) is 9.97 Å². The third-order valence-electron chi connectivity index (χ3n) is 7.18. The molecule has 39 heavy (non-hydrogen) atoms. The number of aliphatic hydroxyl groups excluding tert-OH is 2. The Kier molecular flexibility index (Phi) is 5.75. The first-order chi connectivity index (χ1) is 18.8. The molecule has 0 aliphatic heterocycles. The molecule has 5 N–H and O–H groups in total. The fourth-order valence-electron chi connectivity index (χ4n) is 5.21. The number of H-pyrrole nitrogens is 1. The molecule has 9 heteroatoms. The summed E-state index contributed by atoms with van der Waals surface area (Å²) in [6.45, 7) is 1.45.